The van der Waals surface area contributed by atoms with Gasteiger partial charge in [-0.3, -0.25) is 0 Å². The van der Waals surface area contributed by atoms with E-state index in [0.29, 0.717) is 17.0 Å². The molecule has 0 saturated carbocycles. The number of sulfonamides is 1. The second kappa shape index (κ2) is 5.71. The maximum absolute atomic E-state index is 12.2. The zero-order valence-corrected chi connectivity index (χ0v) is 12.4. The highest BCUT2D eigenvalue weighted by Crippen LogP contribution is 2.30. The largest absolute Gasteiger partial charge is 0.496 e. The number of nitrogens with one attached hydrogen (secondary N) is 1. The third kappa shape index (κ3) is 2.84. The minimum Gasteiger partial charge on any atom is -0.496 e. The summed E-state index contributed by atoms with van der Waals surface area (Å²) in [6.45, 7) is 7.85. The molecule has 0 atom stereocenters. The molecule has 0 unspecified atom stereocenters. The van der Waals surface area contributed by atoms with Crippen LogP contribution in [0.15, 0.2) is 11.0 Å². The molecule has 0 heterocycles. The number of rotatable bonds is 5. The molecular weight excluding hydrogens is 250 g/mol. The van der Waals surface area contributed by atoms with Crippen LogP contribution in [0.2, 0.25) is 0 Å². The highest BCUT2D eigenvalue weighted by Gasteiger charge is 2.21. The number of hydrogen-bond donors (Lipinski definition) is 1. The molecule has 0 aromatic heterocycles. The lowest BCUT2D eigenvalue weighted by molar-refractivity contribution is 0.410. The predicted octanol–water partition coefficient (Wildman–Crippen LogP) is 2.31. The Balaban J connectivity index is 3.38. The SMILES string of the molecule is CCCNS(=O)(=O)c1c(C)cc(OC)c(C)c1C. The summed E-state index contributed by atoms with van der Waals surface area (Å²) < 4.78 is 32.3. The van der Waals surface area contributed by atoms with E-state index in [-0.39, 0.29) is 0 Å². The zero-order chi connectivity index (χ0) is 13.9. The first-order valence-electron chi connectivity index (χ1n) is 5.99. The van der Waals surface area contributed by atoms with Gasteiger partial charge in [-0.2, -0.15) is 0 Å². The monoisotopic (exact) mass is 271 g/mol. The van der Waals surface area contributed by atoms with Crippen LogP contribution < -0.4 is 9.46 Å². The Labute approximate surface area is 109 Å². The standard InChI is InChI=1S/C13H21NO3S/c1-6-7-14-18(15,16)13-9(2)8-12(17-5)10(3)11(13)4/h8,14H,6-7H2,1-5H3. The molecule has 1 aromatic carbocycles. The average molecular weight is 271 g/mol. The summed E-state index contributed by atoms with van der Waals surface area (Å²) in [4.78, 5) is 0.370. The minimum absolute atomic E-state index is 0.370. The topological polar surface area (TPSA) is 55.4 Å². The maximum atomic E-state index is 12.2. The summed E-state index contributed by atoms with van der Waals surface area (Å²) >= 11 is 0. The van der Waals surface area contributed by atoms with Crippen molar-refractivity contribution in [3.8, 4) is 5.75 Å². The third-order valence-electron chi connectivity index (χ3n) is 3.01. The molecule has 0 spiro atoms. The third-order valence-corrected chi connectivity index (χ3v) is 4.76. The normalized spacial score (nSPS) is 11.6. The van der Waals surface area contributed by atoms with E-state index < -0.39 is 10.0 Å². The van der Waals surface area contributed by atoms with Crippen molar-refractivity contribution in [1.82, 2.24) is 4.72 Å². The molecule has 0 aliphatic heterocycles. The van der Waals surface area contributed by atoms with Crippen LogP contribution in [-0.2, 0) is 10.0 Å². The van der Waals surface area contributed by atoms with Crippen molar-refractivity contribution in [3.63, 3.8) is 0 Å². The van der Waals surface area contributed by atoms with Crippen molar-refractivity contribution < 1.29 is 13.2 Å². The van der Waals surface area contributed by atoms with Crippen LogP contribution in [0.1, 0.15) is 30.0 Å². The average Bonchev–Trinajstić information content (AvgIpc) is 2.31. The van der Waals surface area contributed by atoms with Gasteiger partial charge in [-0.25, -0.2) is 13.1 Å². The van der Waals surface area contributed by atoms with Crippen molar-refractivity contribution in [2.45, 2.75) is 39.0 Å². The first-order chi connectivity index (χ1) is 8.35. The molecule has 1 N–H and O–H groups in total. The van der Waals surface area contributed by atoms with E-state index in [1.165, 1.54) is 0 Å². The molecule has 5 heteroatoms. The highest BCUT2D eigenvalue weighted by atomic mass is 32.2. The molecule has 102 valence electrons. The zero-order valence-electron chi connectivity index (χ0n) is 11.6. The van der Waals surface area contributed by atoms with Crippen LogP contribution in [0.3, 0.4) is 0 Å². The first-order valence-corrected chi connectivity index (χ1v) is 7.48. The molecule has 0 fully saturated rings. The fourth-order valence-corrected chi connectivity index (χ4v) is 3.61. The van der Waals surface area contributed by atoms with Crippen molar-refractivity contribution in [2.24, 2.45) is 0 Å². The van der Waals surface area contributed by atoms with Crippen LogP contribution >= 0.6 is 0 Å². The van der Waals surface area contributed by atoms with Gasteiger partial charge in [-0.15, -0.1) is 0 Å². The molecule has 0 radical (unpaired) electrons. The summed E-state index contributed by atoms with van der Waals surface area (Å²) in [7, 11) is -1.85. The Hall–Kier alpha value is -1.07. The van der Waals surface area contributed by atoms with E-state index in [1.807, 2.05) is 20.8 Å². The molecule has 0 amide bonds. The highest BCUT2D eigenvalue weighted by molar-refractivity contribution is 7.89. The molecule has 0 aliphatic rings. The molecule has 0 saturated heterocycles. The molecule has 0 aliphatic carbocycles. The van der Waals surface area contributed by atoms with E-state index in [2.05, 4.69) is 4.72 Å². The quantitative estimate of drug-likeness (QED) is 0.894. The number of hydrogen-bond acceptors (Lipinski definition) is 3. The maximum Gasteiger partial charge on any atom is 0.241 e. The van der Waals surface area contributed by atoms with Gasteiger partial charge in [-0.1, -0.05) is 6.92 Å². The summed E-state index contributed by atoms with van der Waals surface area (Å²) in [5, 5.41) is 0. The number of methoxy groups -OCH3 is 1. The molecule has 1 rings (SSSR count). The second-order valence-electron chi connectivity index (χ2n) is 4.37. The van der Waals surface area contributed by atoms with E-state index in [1.54, 1.807) is 20.1 Å². The van der Waals surface area contributed by atoms with Crippen molar-refractivity contribution in [3.05, 3.63) is 22.8 Å². The molecule has 0 bridgehead atoms. The van der Waals surface area contributed by atoms with E-state index in [9.17, 15) is 8.42 Å². The smallest absolute Gasteiger partial charge is 0.241 e. The molecule has 4 nitrogen and oxygen atoms in total. The van der Waals surface area contributed by atoms with E-state index in [4.69, 9.17) is 4.74 Å². The number of aryl methyl sites for hydroxylation is 1. The van der Waals surface area contributed by atoms with Gasteiger partial charge in [-0.05, 0) is 49.9 Å². The molecule has 18 heavy (non-hydrogen) atoms. The van der Waals surface area contributed by atoms with Crippen molar-refractivity contribution in [2.75, 3.05) is 13.7 Å². The molecular formula is C13H21NO3S. The van der Waals surface area contributed by atoms with Crippen molar-refractivity contribution in [1.29, 1.82) is 0 Å². The summed E-state index contributed by atoms with van der Waals surface area (Å²) in [6.07, 6.45) is 0.770. The Morgan fingerprint density at radius 3 is 2.33 bits per heavy atom. The number of ether oxygens (including phenoxy) is 1. The van der Waals surface area contributed by atoms with Crippen molar-refractivity contribution >= 4 is 10.0 Å². The fraction of sp³-hybridized carbons (Fsp3) is 0.538. The van der Waals surface area contributed by atoms with Gasteiger partial charge < -0.3 is 4.74 Å². The first kappa shape index (κ1) is 15.0. The Kier molecular flexibility index (Phi) is 4.76. The van der Waals surface area contributed by atoms with Crippen LogP contribution in [0, 0.1) is 20.8 Å². The minimum atomic E-state index is -3.44. The lowest BCUT2D eigenvalue weighted by atomic mass is 10.1. The summed E-state index contributed by atoms with van der Waals surface area (Å²) in [5.41, 5.74) is 2.31. The van der Waals surface area contributed by atoms with Gasteiger partial charge >= 0.3 is 0 Å². The van der Waals surface area contributed by atoms with Crippen LogP contribution in [0.5, 0.6) is 5.75 Å². The van der Waals surface area contributed by atoms with Gasteiger partial charge in [0.15, 0.2) is 0 Å². The van der Waals surface area contributed by atoms with E-state index in [0.717, 1.165) is 23.3 Å². The fourth-order valence-electron chi connectivity index (χ4n) is 1.96. The van der Waals surface area contributed by atoms with Crippen LogP contribution in [0.4, 0.5) is 0 Å². The van der Waals surface area contributed by atoms with Gasteiger partial charge in [0.2, 0.25) is 10.0 Å². The Morgan fingerprint density at radius 2 is 1.83 bits per heavy atom. The predicted molar refractivity (Wildman–Crippen MR) is 72.7 cm³/mol. The van der Waals surface area contributed by atoms with Gasteiger partial charge in [0.05, 0.1) is 12.0 Å². The lowest BCUT2D eigenvalue weighted by Gasteiger charge is -2.16. The number of benzene rings is 1. The van der Waals surface area contributed by atoms with Gasteiger partial charge in [0.25, 0.3) is 0 Å². The van der Waals surface area contributed by atoms with Gasteiger partial charge in [0, 0.05) is 6.54 Å². The van der Waals surface area contributed by atoms with Crippen LogP contribution in [-0.4, -0.2) is 22.1 Å². The Bertz CT molecular complexity index is 536. The van der Waals surface area contributed by atoms with Gasteiger partial charge in [0.1, 0.15) is 5.75 Å². The molecule has 1 aromatic rings. The van der Waals surface area contributed by atoms with Crippen LogP contribution in [0.25, 0.3) is 0 Å². The van der Waals surface area contributed by atoms with E-state index >= 15 is 0 Å². The Morgan fingerprint density at radius 1 is 1.22 bits per heavy atom. The summed E-state index contributed by atoms with van der Waals surface area (Å²) in [5.74, 6) is 0.722. The lowest BCUT2D eigenvalue weighted by Crippen LogP contribution is -2.26. The second-order valence-corrected chi connectivity index (χ2v) is 6.08. The summed E-state index contributed by atoms with van der Waals surface area (Å²) in [6, 6.07) is 1.77.